The van der Waals surface area contributed by atoms with Gasteiger partial charge < -0.3 is 0 Å². The average Bonchev–Trinajstić information content (AvgIpc) is 2.46. The minimum atomic E-state index is 0.770. The third-order valence-electron chi connectivity index (χ3n) is 1.62. The molecule has 3 heteroatoms. The van der Waals surface area contributed by atoms with Crippen molar-refractivity contribution in [2.45, 2.75) is 0 Å². The van der Waals surface area contributed by atoms with Crippen molar-refractivity contribution >= 4 is 21.6 Å². The molecule has 2 heterocycles. The molecule has 0 aromatic carbocycles. The Hall–Kier alpha value is -1.27. The van der Waals surface area contributed by atoms with Gasteiger partial charge in [-0.25, -0.2) is 4.98 Å². The minimum Gasteiger partial charge on any atom is -0.292 e. The quantitative estimate of drug-likeness (QED) is 0.622. The Kier molecular flexibility index (Phi) is 1.63. The van der Waals surface area contributed by atoms with Gasteiger partial charge in [0, 0.05) is 10.7 Å². The smallest absolute Gasteiger partial charge is 0.137 e. The summed E-state index contributed by atoms with van der Waals surface area (Å²) in [6.07, 6.45) is 8.87. The first-order chi connectivity index (χ1) is 5.81. The van der Waals surface area contributed by atoms with E-state index in [0.29, 0.717) is 0 Å². The van der Waals surface area contributed by atoms with Crippen LogP contribution in [0.2, 0.25) is 0 Å². The fraction of sp³-hybridized carbons (Fsp3) is 0. The van der Waals surface area contributed by atoms with Crippen molar-refractivity contribution in [3.05, 3.63) is 34.7 Å². The normalized spacial score (nSPS) is 10.0. The zero-order valence-electron chi connectivity index (χ0n) is 6.16. The lowest BCUT2D eigenvalue weighted by Gasteiger charge is -1.94. The molecule has 0 aliphatic heterocycles. The Morgan fingerprint density at radius 1 is 1.50 bits per heavy atom. The largest absolute Gasteiger partial charge is 0.292 e. The Labute approximate surface area is 78.4 Å². The molecular formula is C9H5BrN2. The van der Waals surface area contributed by atoms with Gasteiger partial charge in [0.25, 0.3) is 0 Å². The van der Waals surface area contributed by atoms with Crippen LogP contribution in [0.4, 0.5) is 0 Å². The van der Waals surface area contributed by atoms with Crippen molar-refractivity contribution in [3.8, 4) is 12.3 Å². The highest BCUT2D eigenvalue weighted by molar-refractivity contribution is 9.10. The molecule has 2 rings (SSSR count). The average molecular weight is 221 g/mol. The molecule has 0 unspecified atom stereocenters. The lowest BCUT2D eigenvalue weighted by molar-refractivity contribution is 1.15. The second kappa shape index (κ2) is 2.65. The van der Waals surface area contributed by atoms with Crippen molar-refractivity contribution < 1.29 is 0 Å². The monoisotopic (exact) mass is 220 g/mol. The highest BCUT2D eigenvalue weighted by Crippen LogP contribution is 2.12. The molecule has 12 heavy (non-hydrogen) atoms. The van der Waals surface area contributed by atoms with Crippen LogP contribution in [0.25, 0.3) is 5.65 Å². The number of nitrogens with zero attached hydrogens (tertiary/aromatic N) is 2. The fourth-order valence-electron chi connectivity index (χ4n) is 1.06. The SMILES string of the molecule is C#Cc1cnc2ccc(Br)cn12. The van der Waals surface area contributed by atoms with Gasteiger partial charge in [0.15, 0.2) is 0 Å². The Bertz CT molecular complexity index is 465. The van der Waals surface area contributed by atoms with Gasteiger partial charge in [-0.3, -0.25) is 4.40 Å². The predicted octanol–water partition coefficient (Wildman–Crippen LogP) is 2.08. The zero-order valence-corrected chi connectivity index (χ0v) is 7.75. The van der Waals surface area contributed by atoms with Gasteiger partial charge in [0.1, 0.15) is 11.3 Å². The number of halogens is 1. The van der Waals surface area contributed by atoms with E-state index in [-0.39, 0.29) is 0 Å². The minimum absolute atomic E-state index is 0.770. The summed E-state index contributed by atoms with van der Waals surface area (Å²) in [6, 6.07) is 3.84. The van der Waals surface area contributed by atoms with E-state index in [1.54, 1.807) is 6.20 Å². The summed E-state index contributed by atoms with van der Waals surface area (Å²) >= 11 is 3.36. The van der Waals surface area contributed by atoms with Gasteiger partial charge in [0.05, 0.1) is 6.20 Å². The van der Waals surface area contributed by atoms with Gasteiger partial charge in [-0.05, 0) is 28.1 Å². The Morgan fingerprint density at radius 2 is 2.33 bits per heavy atom. The van der Waals surface area contributed by atoms with Crippen LogP contribution in [0, 0.1) is 12.3 Å². The van der Waals surface area contributed by atoms with Crippen LogP contribution in [0.5, 0.6) is 0 Å². The first kappa shape index (κ1) is 7.38. The molecule has 58 valence electrons. The molecule has 0 spiro atoms. The van der Waals surface area contributed by atoms with Crippen molar-refractivity contribution in [1.29, 1.82) is 0 Å². The number of terminal acetylenes is 1. The maximum absolute atomic E-state index is 5.28. The summed E-state index contributed by atoms with van der Waals surface area (Å²) in [5, 5.41) is 0. The number of hydrogen-bond acceptors (Lipinski definition) is 1. The summed E-state index contributed by atoms with van der Waals surface area (Å²) in [5.41, 5.74) is 1.64. The molecule has 2 aromatic heterocycles. The van der Waals surface area contributed by atoms with E-state index in [2.05, 4.69) is 26.8 Å². The molecule has 0 bridgehead atoms. The van der Waals surface area contributed by atoms with E-state index in [0.717, 1.165) is 15.8 Å². The number of hydrogen-bond donors (Lipinski definition) is 0. The summed E-state index contributed by atoms with van der Waals surface area (Å²) in [7, 11) is 0. The highest BCUT2D eigenvalue weighted by atomic mass is 79.9. The van der Waals surface area contributed by atoms with Crippen molar-refractivity contribution in [2.75, 3.05) is 0 Å². The van der Waals surface area contributed by atoms with E-state index < -0.39 is 0 Å². The summed E-state index contributed by atoms with van der Waals surface area (Å²) in [6.45, 7) is 0. The van der Waals surface area contributed by atoms with Crippen LogP contribution in [0.3, 0.4) is 0 Å². The standard InChI is InChI=1S/C9H5BrN2/c1-2-8-5-11-9-4-3-7(10)6-12(8)9/h1,3-6H. The maximum atomic E-state index is 5.28. The third-order valence-corrected chi connectivity index (χ3v) is 2.09. The number of pyridine rings is 1. The van der Waals surface area contributed by atoms with Crippen molar-refractivity contribution in [1.82, 2.24) is 9.38 Å². The van der Waals surface area contributed by atoms with Gasteiger partial charge in [-0.2, -0.15) is 0 Å². The van der Waals surface area contributed by atoms with Crippen molar-refractivity contribution in [2.24, 2.45) is 0 Å². The van der Waals surface area contributed by atoms with E-state index in [1.165, 1.54) is 0 Å². The van der Waals surface area contributed by atoms with E-state index in [9.17, 15) is 0 Å². The molecular weight excluding hydrogens is 216 g/mol. The first-order valence-corrected chi connectivity index (χ1v) is 4.20. The lowest BCUT2D eigenvalue weighted by atomic mass is 10.4. The molecule has 0 N–H and O–H groups in total. The van der Waals surface area contributed by atoms with Gasteiger partial charge in [-0.1, -0.05) is 5.92 Å². The number of imidazole rings is 1. The van der Waals surface area contributed by atoms with Crippen LogP contribution < -0.4 is 0 Å². The highest BCUT2D eigenvalue weighted by Gasteiger charge is 1.99. The number of rotatable bonds is 0. The molecule has 0 fully saturated rings. The molecule has 0 radical (unpaired) electrons. The van der Waals surface area contributed by atoms with Crippen LogP contribution in [-0.4, -0.2) is 9.38 Å². The van der Waals surface area contributed by atoms with Crippen LogP contribution in [-0.2, 0) is 0 Å². The van der Waals surface area contributed by atoms with Gasteiger partial charge >= 0.3 is 0 Å². The Morgan fingerprint density at radius 3 is 3.08 bits per heavy atom. The van der Waals surface area contributed by atoms with Crippen LogP contribution in [0.1, 0.15) is 5.69 Å². The summed E-state index contributed by atoms with van der Waals surface area (Å²) < 4.78 is 2.86. The molecule has 0 atom stereocenters. The second-order valence-electron chi connectivity index (χ2n) is 2.36. The van der Waals surface area contributed by atoms with E-state index >= 15 is 0 Å². The summed E-state index contributed by atoms with van der Waals surface area (Å²) in [5.74, 6) is 2.56. The molecule has 0 saturated carbocycles. The molecule has 0 aliphatic rings. The number of aromatic nitrogens is 2. The first-order valence-electron chi connectivity index (χ1n) is 3.40. The summed E-state index contributed by atoms with van der Waals surface area (Å²) in [4.78, 5) is 4.13. The number of fused-ring (bicyclic) bond motifs is 1. The predicted molar refractivity (Wildman–Crippen MR) is 50.8 cm³/mol. The second-order valence-corrected chi connectivity index (χ2v) is 3.28. The Balaban J connectivity index is 2.86. The fourth-order valence-corrected chi connectivity index (χ4v) is 1.40. The molecule has 2 nitrogen and oxygen atoms in total. The van der Waals surface area contributed by atoms with Crippen LogP contribution in [0.15, 0.2) is 29.0 Å². The topological polar surface area (TPSA) is 17.3 Å². The molecule has 0 amide bonds. The van der Waals surface area contributed by atoms with Gasteiger partial charge in [0.2, 0.25) is 0 Å². The van der Waals surface area contributed by atoms with Gasteiger partial charge in [-0.15, -0.1) is 6.42 Å². The van der Waals surface area contributed by atoms with E-state index in [1.807, 2.05) is 22.7 Å². The van der Waals surface area contributed by atoms with E-state index in [4.69, 9.17) is 6.42 Å². The third kappa shape index (κ3) is 1.01. The van der Waals surface area contributed by atoms with Crippen molar-refractivity contribution in [3.63, 3.8) is 0 Å². The maximum Gasteiger partial charge on any atom is 0.137 e. The molecule has 0 aliphatic carbocycles. The lowest BCUT2D eigenvalue weighted by Crippen LogP contribution is -1.86. The molecule has 2 aromatic rings. The zero-order chi connectivity index (χ0) is 8.55. The van der Waals surface area contributed by atoms with Crippen LogP contribution >= 0.6 is 15.9 Å². The molecule has 0 saturated heterocycles.